The molecule has 3 heterocycles. The number of thioether (sulfide) groups is 1. The molecule has 1 amide bonds. The van der Waals surface area contributed by atoms with Gasteiger partial charge >= 0.3 is 0 Å². The molecule has 3 atom stereocenters. The van der Waals surface area contributed by atoms with Gasteiger partial charge in [0.2, 0.25) is 0 Å². The van der Waals surface area contributed by atoms with Crippen molar-refractivity contribution >= 4 is 50.1 Å². The van der Waals surface area contributed by atoms with E-state index in [1.54, 1.807) is 19.2 Å². The van der Waals surface area contributed by atoms with Gasteiger partial charge in [0.05, 0.1) is 33.5 Å². The van der Waals surface area contributed by atoms with Crippen molar-refractivity contribution in [1.29, 1.82) is 0 Å². The molecule has 2 aliphatic heterocycles. The monoisotopic (exact) mass is 617 g/mol. The molecule has 38 heavy (non-hydrogen) atoms. The first-order chi connectivity index (χ1) is 18.4. The molecule has 1 fully saturated rings. The van der Waals surface area contributed by atoms with E-state index in [0.29, 0.717) is 29.5 Å². The van der Waals surface area contributed by atoms with Crippen LogP contribution in [0.4, 0.5) is 0 Å². The van der Waals surface area contributed by atoms with Crippen LogP contribution in [-0.4, -0.2) is 59.4 Å². The zero-order valence-electron chi connectivity index (χ0n) is 20.8. The van der Waals surface area contributed by atoms with Crippen LogP contribution in [0.5, 0.6) is 5.75 Å². The van der Waals surface area contributed by atoms with E-state index in [2.05, 4.69) is 21.2 Å². The highest BCUT2D eigenvalue weighted by molar-refractivity contribution is 9.10. The van der Waals surface area contributed by atoms with Crippen LogP contribution >= 0.6 is 39.0 Å². The number of nitrogens with one attached hydrogen (secondary N) is 1. The van der Waals surface area contributed by atoms with Crippen molar-refractivity contribution in [3.8, 4) is 5.75 Å². The molecular formula is C27H28BrN3O5S2. The minimum absolute atomic E-state index is 0.0217. The molecule has 2 N–H and O–H groups in total. The number of aliphatic imine (C=N–C) groups is 1. The first-order valence-corrected chi connectivity index (χ1v) is 14.8. The van der Waals surface area contributed by atoms with Crippen LogP contribution in [0.2, 0.25) is 0 Å². The molecule has 200 valence electrons. The number of aliphatic hydroxyl groups is 1. The second-order valence-corrected chi connectivity index (χ2v) is 12.0. The van der Waals surface area contributed by atoms with Crippen LogP contribution in [0.15, 0.2) is 69.6 Å². The van der Waals surface area contributed by atoms with E-state index in [9.17, 15) is 9.90 Å². The van der Waals surface area contributed by atoms with Crippen molar-refractivity contribution in [2.24, 2.45) is 10.9 Å². The average Bonchev–Trinajstić information content (AvgIpc) is 3.40. The molecule has 0 radical (unpaired) electrons. The fourth-order valence-corrected chi connectivity index (χ4v) is 7.27. The Kier molecular flexibility index (Phi) is 8.51. The molecule has 0 spiro atoms. The Hall–Kier alpha value is -2.28. The number of amides is 1. The third-order valence-electron chi connectivity index (χ3n) is 6.80. The molecule has 1 aromatic heterocycles. The van der Waals surface area contributed by atoms with Crippen LogP contribution < -0.4 is 10.1 Å². The summed E-state index contributed by atoms with van der Waals surface area (Å²) in [5.74, 6) is 1.29. The topological polar surface area (TPSA) is 102 Å². The van der Waals surface area contributed by atoms with E-state index in [-0.39, 0.29) is 31.6 Å². The van der Waals surface area contributed by atoms with Gasteiger partial charge in [0, 0.05) is 22.6 Å². The Labute approximate surface area is 238 Å². The number of methoxy groups -OCH3 is 1. The molecule has 8 nitrogen and oxygen atoms in total. The third-order valence-corrected chi connectivity index (χ3v) is 9.55. The number of carbonyl (C=O) groups is 1. The number of amidine groups is 1. The lowest BCUT2D eigenvalue weighted by atomic mass is 9.76. The van der Waals surface area contributed by atoms with Crippen molar-refractivity contribution in [2.45, 2.75) is 24.2 Å². The van der Waals surface area contributed by atoms with Crippen LogP contribution in [-0.2, 0) is 21.6 Å². The predicted octanol–water partition coefficient (Wildman–Crippen LogP) is 4.63. The van der Waals surface area contributed by atoms with E-state index in [1.807, 2.05) is 47.8 Å². The predicted molar refractivity (Wildman–Crippen MR) is 152 cm³/mol. The van der Waals surface area contributed by atoms with Gasteiger partial charge < -0.3 is 24.6 Å². The highest BCUT2D eigenvalue weighted by Crippen LogP contribution is 2.49. The molecular weight excluding hydrogens is 590 g/mol. The second-order valence-electron chi connectivity index (χ2n) is 9.32. The number of rotatable bonds is 8. The van der Waals surface area contributed by atoms with Crippen molar-refractivity contribution in [2.75, 3.05) is 32.7 Å². The van der Waals surface area contributed by atoms with E-state index in [1.165, 1.54) is 23.1 Å². The fraction of sp³-hybridized carbons (Fsp3) is 0.370. The number of halogens is 1. The molecule has 11 heteroatoms. The number of ether oxygens (including phenoxy) is 3. The average molecular weight is 619 g/mol. The van der Waals surface area contributed by atoms with Crippen LogP contribution in [0.3, 0.4) is 0 Å². The lowest BCUT2D eigenvalue weighted by Gasteiger charge is -2.49. The minimum atomic E-state index is -0.851. The van der Waals surface area contributed by atoms with Gasteiger partial charge in [-0.15, -0.1) is 11.3 Å². The molecule has 3 aromatic rings. The van der Waals surface area contributed by atoms with Gasteiger partial charge in [-0.3, -0.25) is 4.79 Å². The SMILES string of the molecule is COc1ccc(COC[C@@]2(CO)C[C@H]3CSC(NC(=O)c4ccccc4)=N[C@@]3(c3nc(Br)cs3)CO2)cc1. The quantitative estimate of drug-likeness (QED) is 0.380. The van der Waals surface area contributed by atoms with Crippen LogP contribution in [0.25, 0.3) is 0 Å². The lowest BCUT2D eigenvalue weighted by molar-refractivity contribution is -0.181. The van der Waals surface area contributed by atoms with Gasteiger partial charge in [-0.25, -0.2) is 9.98 Å². The number of aromatic nitrogens is 1. The number of hydrogen-bond donors (Lipinski definition) is 2. The van der Waals surface area contributed by atoms with Crippen molar-refractivity contribution in [3.63, 3.8) is 0 Å². The summed E-state index contributed by atoms with van der Waals surface area (Å²) in [5, 5.41) is 16.7. The summed E-state index contributed by atoms with van der Waals surface area (Å²) in [6.45, 7) is 0.688. The maximum absolute atomic E-state index is 12.8. The maximum atomic E-state index is 12.8. The number of nitrogens with zero attached hydrogens (tertiary/aromatic N) is 2. The van der Waals surface area contributed by atoms with Gasteiger partial charge in [-0.2, -0.15) is 0 Å². The summed E-state index contributed by atoms with van der Waals surface area (Å²) in [4.78, 5) is 22.6. The van der Waals surface area contributed by atoms with E-state index >= 15 is 0 Å². The molecule has 0 aliphatic carbocycles. The van der Waals surface area contributed by atoms with Crippen molar-refractivity contribution in [3.05, 3.63) is 80.7 Å². The second kappa shape index (κ2) is 11.8. The number of aliphatic hydroxyl groups excluding tert-OH is 1. The van der Waals surface area contributed by atoms with Gasteiger partial charge in [0.1, 0.15) is 26.5 Å². The van der Waals surface area contributed by atoms with E-state index in [0.717, 1.165) is 20.9 Å². The number of carbonyl (C=O) groups excluding carboxylic acids is 1. The highest BCUT2D eigenvalue weighted by atomic mass is 79.9. The van der Waals surface area contributed by atoms with Gasteiger partial charge in [0.25, 0.3) is 5.91 Å². The first-order valence-electron chi connectivity index (χ1n) is 12.1. The number of benzene rings is 2. The number of thiazole rings is 1. The summed E-state index contributed by atoms with van der Waals surface area (Å²) < 4.78 is 18.4. The van der Waals surface area contributed by atoms with Crippen molar-refractivity contribution < 1.29 is 24.1 Å². The zero-order valence-corrected chi connectivity index (χ0v) is 24.0. The van der Waals surface area contributed by atoms with Crippen LogP contribution in [0, 0.1) is 5.92 Å². The Balaban J connectivity index is 1.33. The Bertz CT molecular complexity index is 1290. The maximum Gasteiger partial charge on any atom is 0.257 e. The smallest absolute Gasteiger partial charge is 0.257 e. The standard InChI is InChI=1S/C27H28BrN3O5S2/c1-34-21-9-7-18(8-10-21)12-35-16-26(15-32)11-20-13-38-25(30-23(33)19-5-3-2-4-6-19)31-27(20,17-36-26)24-29-22(28)14-37-24/h2-10,14,20,32H,11-13,15-17H2,1H3,(H,30,31,33)/t20-,26-,27-/m0/s1. The lowest BCUT2D eigenvalue weighted by Crippen LogP contribution is -2.58. The van der Waals surface area contributed by atoms with Gasteiger partial charge in [0.15, 0.2) is 5.17 Å². The molecule has 1 saturated heterocycles. The van der Waals surface area contributed by atoms with Gasteiger partial charge in [-0.05, 0) is 52.2 Å². The summed E-state index contributed by atoms with van der Waals surface area (Å²) >= 11 is 6.47. The Morgan fingerprint density at radius 3 is 2.71 bits per heavy atom. The number of fused-ring (bicyclic) bond motifs is 1. The Morgan fingerprint density at radius 2 is 2.03 bits per heavy atom. The molecule has 0 saturated carbocycles. The summed E-state index contributed by atoms with van der Waals surface area (Å²) in [6, 6.07) is 16.8. The number of hydrogen-bond acceptors (Lipinski definition) is 9. The summed E-state index contributed by atoms with van der Waals surface area (Å²) in [6.07, 6.45) is 0.541. The van der Waals surface area contributed by atoms with Crippen molar-refractivity contribution in [1.82, 2.24) is 10.3 Å². The molecule has 5 rings (SSSR count). The highest BCUT2D eigenvalue weighted by Gasteiger charge is 2.54. The van der Waals surface area contributed by atoms with Crippen LogP contribution in [0.1, 0.15) is 27.3 Å². The third kappa shape index (κ3) is 5.83. The Morgan fingerprint density at radius 1 is 1.24 bits per heavy atom. The molecule has 0 bridgehead atoms. The summed E-state index contributed by atoms with van der Waals surface area (Å²) in [5.41, 5.74) is -0.0446. The van der Waals surface area contributed by atoms with E-state index < -0.39 is 11.1 Å². The normalized spacial score (nSPS) is 24.8. The minimum Gasteiger partial charge on any atom is -0.497 e. The fourth-order valence-electron chi connectivity index (χ4n) is 4.66. The summed E-state index contributed by atoms with van der Waals surface area (Å²) in [7, 11) is 1.63. The van der Waals surface area contributed by atoms with E-state index in [4.69, 9.17) is 24.2 Å². The molecule has 2 aromatic carbocycles. The molecule has 0 unspecified atom stereocenters. The zero-order chi connectivity index (χ0) is 26.6. The largest absolute Gasteiger partial charge is 0.497 e. The van der Waals surface area contributed by atoms with Gasteiger partial charge in [-0.1, -0.05) is 42.1 Å². The first kappa shape index (κ1) is 27.3. The molecule has 2 aliphatic rings.